The van der Waals surface area contributed by atoms with Crippen LogP contribution in [0, 0.1) is 0 Å². The number of halogens is 2. The van der Waals surface area contributed by atoms with Crippen molar-refractivity contribution in [3.63, 3.8) is 0 Å². The first-order chi connectivity index (χ1) is 11.0. The van der Waals surface area contributed by atoms with Crippen molar-refractivity contribution in [1.82, 2.24) is 14.7 Å². The number of benzene rings is 1. The van der Waals surface area contributed by atoms with Gasteiger partial charge in [0.15, 0.2) is 0 Å². The van der Waals surface area contributed by atoms with E-state index in [1.807, 2.05) is 9.80 Å². The van der Waals surface area contributed by atoms with Gasteiger partial charge >= 0.3 is 0 Å². The highest BCUT2D eigenvalue weighted by molar-refractivity contribution is 6.42. The van der Waals surface area contributed by atoms with E-state index < -0.39 is 0 Å². The minimum Gasteiger partial charge on any atom is -0.340 e. The molecule has 0 spiro atoms. The molecule has 0 bridgehead atoms. The molecule has 2 aliphatic rings. The second-order valence-corrected chi connectivity index (χ2v) is 6.85. The van der Waals surface area contributed by atoms with E-state index >= 15 is 0 Å². The molecule has 5 nitrogen and oxygen atoms in total. The number of nitrogens with zero attached hydrogens (tertiary/aromatic N) is 3. The van der Waals surface area contributed by atoms with E-state index in [2.05, 4.69) is 4.90 Å². The van der Waals surface area contributed by atoms with Gasteiger partial charge in [0.25, 0.3) is 5.91 Å². The summed E-state index contributed by atoms with van der Waals surface area (Å²) in [6.07, 6.45) is 0. The second kappa shape index (κ2) is 6.67. The van der Waals surface area contributed by atoms with Crippen molar-refractivity contribution in [1.29, 1.82) is 0 Å². The molecule has 2 heterocycles. The Hall–Kier alpha value is -1.30. The van der Waals surface area contributed by atoms with Crippen LogP contribution in [0.15, 0.2) is 18.2 Å². The second-order valence-electron chi connectivity index (χ2n) is 6.03. The number of carbonyl (C=O) groups is 2. The normalized spacial score (nSPS) is 19.6. The van der Waals surface area contributed by atoms with Crippen LogP contribution in [-0.2, 0) is 4.79 Å². The van der Waals surface area contributed by atoms with E-state index in [4.69, 9.17) is 23.2 Å². The van der Waals surface area contributed by atoms with Crippen LogP contribution in [0.1, 0.15) is 17.3 Å². The molecule has 1 aromatic rings. The van der Waals surface area contributed by atoms with E-state index in [1.54, 1.807) is 25.1 Å². The maximum absolute atomic E-state index is 12.4. The minimum absolute atomic E-state index is 0.0119. The molecule has 0 aliphatic carbocycles. The van der Waals surface area contributed by atoms with Crippen molar-refractivity contribution in [2.45, 2.75) is 13.0 Å². The Balaban J connectivity index is 1.52. The topological polar surface area (TPSA) is 43.9 Å². The first-order valence-electron chi connectivity index (χ1n) is 7.69. The molecule has 0 saturated carbocycles. The van der Waals surface area contributed by atoms with Crippen LogP contribution in [0.5, 0.6) is 0 Å². The Kier molecular flexibility index (Phi) is 4.80. The molecule has 0 N–H and O–H groups in total. The van der Waals surface area contributed by atoms with Gasteiger partial charge in [0, 0.05) is 57.8 Å². The van der Waals surface area contributed by atoms with Gasteiger partial charge in [0.2, 0.25) is 5.91 Å². The number of carbonyl (C=O) groups excluding carboxylic acids is 2. The fraction of sp³-hybridized carbons (Fsp3) is 0.500. The van der Waals surface area contributed by atoms with Gasteiger partial charge in [0.05, 0.1) is 10.0 Å². The summed E-state index contributed by atoms with van der Waals surface area (Å²) in [5, 5.41) is 0.850. The zero-order valence-electron chi connectivity index (χ0n) is 13.0. The summed E-state index contributed by atoms with van der Waals surface area (Å²) in [4.78, 5) is 29.8. The maximum Gasteiger partial charge on any atom is 0.254 e. The van der Waals surface area contributed by atoms with Crippen LogP contribution in [-0.4, -0.2) is 71.8 Å². The summed E-state index contributed by atoms with van der Waals surface area (Å²) < 4.78 is 0. The smallest absolute Gasteiger partial charge is 0.254 e. The zero-order chi connectivity index (χ0) is 16.6. The summed E-state index contributed by atoms with van der Waals surface area (Å²) in [7, 11) is 0. The van der Waals surface area contributed by atoms with Crippen LogP contribution >= 0.6 is 23.2 Å². The highest BCUT2D eigenvalue weighted by Crippen LogP contribution is 2.25. The van der Waals surface area contributed by atoms with E-state index in [0.717, 1.165) is 39.3 Å². The lowest BCUT2D eigenvalue weighted by atomic mass is 10.0. The molecule has 124 valence electrons. The van der Waals surface area contributed by atoms with Crippen molar-refractivity contribution < 1.29 is 9.59 Å². The Labute approximate surface area is 145 Å². The lowest BCUT2D eigenvalue weighted by Crippen LogP contribution is -2.64. The van der Waals surface area contributed by atoms with E-state index in [1.165, 1.54) is 0 Å². The third kappa shape index (κ3) is 3.47. The largest absolute Gasteiger partial charge is 0.340 e. The predicted molar refractivity (Wildman–Crippen MR) is 90.0 cm³/mol. The quantitative estimate of drug-likeness (QED) is 0.814. The molecule has 2 fully saturated rings. The Bertz CT molecular complexity index is 624. The molecular weight excluding hydrogens is 337 g/mol. The third-order valence-electron chi connectivity index (χ3n) is 4.59. The van der Waals surface area contributed by atoms with Crippen molar-refractivity contribution in [2.24, 2.45) is 0 Å². The Morgan fingerprint density at radius 1 is 1.00 bits per heavy atom. The van der Waals surface area contributed by atoms with Gasteiger partial charge in [-0.05, 0) is 18.2 Å². The Morgan fingerprint density at radius 3 is 2.22 bits per heavy atom. The molecule has 0 radical (unpaired) electrons. The summed E-state index contributed by atoms with van der Waals surface area (Å²) >= 11 is 11.9. The monoisotopic (exact) mass is 355 g/mol. The maximum atomic E-state index is 12.4. The molecule has 2 amide bonds. The molecule has 2 saturated heterocycles. The molecule has 0 aromatic heterocycles. The van der Waals surface area contributed by atoms with Gasteiger partial charge in [-0.1, -0.05) is 23.2 Å². The van der Waals surface area contributed by atoms with Crippen molar-refractivity contribution in [3.8, 4) is 0 Å². The van der Waals surface area contributed by atoms with Gasteiger partial charge in [0.1, 0.15) is 0 Å². The zero-order valence-corrected chi connectivity index (χ0v) is 14.5. The first kappa shape index (κ1) is 16.6. The van der Waals surface area contributed by atoms with Gasteiger partial charge in [-0.15, -0.1) is 0 Å². The number of hydrogen-bond acceptors (Lipinski definition) is 3. The van der Waals surface area contributed by atoms with Crippen LogP contribution in [0.4, 0.5) is 0 Å². The summed E-state index contributed by atoms with van der Waals surface area (Å²) in [6.45, 7) is 6.34. The average molecular weight is 356 g/mol. The SMILES string of the molecule is CC(=O)N1CCN(C2CN(C(=O)c3ccc(Cl)c(Cl)c3)C2)CC1. The highest BCUT2D eigenvalue weighted by atomic mass is 35.5. The van der Waals surface area contributed by atoms with Crippen LogP contribution < -0.4 is 0 Å². The third-order valence-corrected chi connectivity index (χ3v) is 5.33. The number of amides is 2. The molecule has 0 atom stereocenters. The van der Waals surface area contributed by atoms with Gasteiger partial charge < -0.3 is 9.80 Å². The molecule has 7 heteroatoms. The standard InChI is InChI=1S/C16H19Cl2N3O2/c1-11(22)19-4-6-20(7-5-19)13-9-21(10-13)16(23)12-2-3-14(17)15(18)8-12/h2-3,8,13H,4-7,9-10H2,1H3. The molecule has 23 heavy (non-hydrogen) atoms. The number of rotatable bonds is 2. The lowest BCUT2D eigenvalue weighted by Gasteiger charge is -2.48. The van der Waals surface area contributed by atoms with Gasteiger partial charge in [-0.3, -0.25) is 14.5 Å². The first-order valence-corrected chi connectivity index (χ1v) is 8.45. The summed E-state index contributed by atoms with van der Waals surface area (Å²) in [6, 6.07) is 5.35. The lowest BCUT2D eigenvalue weighted by molar-refractivity contribution is -0.131. The summed E-state index contributed by atoms with van der Waals surface area (Å²) in [5.41, 5.74) is 0.569. The fourth-order valence-electron chi connectivity index (χ4n) is 3.07. The summed E-state index contributed by atoms with van der Waals surface area (Å²) in [5.74, 6) is 0.122. The van der Waals surface area contributed by atoms with Gasteiger partial charge in [-0.25, -0.2) is 0 Å². The number of likely N-dealkylation sites (tertiary alicyclic amines) is 1. The molecule has 2 aliphatic heterocycles. The molecule has 0 unspecified atom stereocenters. The van der Waals surface area contributed by atoms with E-state index in [-0.39, 0.29) is 11.8 Å². The minimum atomic E-state index is -0.0119. The van der Waals surface area contributed by atoms with Crippen molar-refractivity contribution in [2.75, 3.05) is 39.3 Å². The highest BCUT2D eigenvalue weighted by Gasteiger charge is 2.36. The van der Waals surface area contributed by atoms with Gasteiger partial charge in [-0.2, -0.15) is 0 Å². The Morgan fingerprint density at radius 2 is 1.65 bits per heavy atom. The van der Waals surface area contributed by atoms with Crippen LogP contribution in [0.2, 0.25) is 10.0 Å². The van der Waals surface area contributed by atoms with Crippen molar-refractivity contribution >= 4 is 35.0 Å². The molecule has 1 aromatic carbocycles. The number of piperazine rings is 1. The average Bonchev–Trinajstić information content (AvgIpc) is 2.49. The predicted octanol–water partition coefficient (Wildman–Crippen LogP) is 1.98. The molecule has 3 rings (SSSR count). The molecular formula is C16H19Cl2N3O2. The van der Waals surface area contributed by atoms with Crippen LogP contribution in [0.3, 0.4) is 0 Å². The number of hydrogen-bond donors (Lipinski definition) is 0. The van der Waals surface area contributed by atoms with E-state index in [0.29, 0.717) is 21.7 Å². The van der Waals surface area contributed by atoms with Crippen LogP contribution in [0.25, 0.3) is 0 Å². The fourth-order valence-corrected chi connectivity index (χ4v) is 3.36. The van der Waals surface area contributed by atoms with Crippen molar-refractivity contribution in [3.05, 3.63) is 33.8 Å². The van der Waals surface area contributed by atoms with E-state index in [9.17, 15) is 9.59 Å².